The highest BCUT2D eigenvalue weighted by molar-refractivity contribution is 5.98. The zero-order valence-corrected chi connectivity index (χ0v) is 56.6. The van der Waals surface area contributed by atoms with Crippen LogP contribution in [0.1, 0.15) is 141 Å². The van der Waals surface area contributed by atoms with Gasteiger partial charge >= 0.3 is 11.9 Å². The third kappa shape index (κ3) is 15.0. The fourth-order valence-corrected chi connectivity index (χ4v) is 14.7. The molecule has 1 amide bonds. The monoisotopic (exact) mass is 1330 g/mol. The van der Waals surface area contributed by atoms with Gasteiger partial charge in [-0.3, -0.25) is 4.79 Å². The van der Waals surface area contributed by atoms with Gasteiger partial charge in [-0.1, -0.05) is 121 Å². The second-order valence-corrected chi connectivity index (χ2v) is 26.5. The highest BCUT2D eigenvalue weighted by atomic mass is 16.5. The van der Waals surface area contributed by atoms with E-state index in [-0.39, 0.29) is 45.6 Å². The molecule has 4 spiro atoms. The van der Waals surface area contributed by atoms with Gasteiger partial charge in [-0.05, 0) is 208 Å². The second kappa shape index (κ2) is 30.0. The summed E-state index contributed by atoms with van der Waals surface area (Å²) in [4.78, 5) is 38.0. The van der Waals surface area contributed by atoms with E-state index in [4.69, 9.17) is 23.7 Å². The fraction of sp³-hybridized carbons (Fsp3) is 0.298. The maximum atomic E-state index is 12.9. The number of nitrogens with zero attached hydrogens (tertiary/aromatic N) is 1. The van der Waals surface area contributed by atoms with Gasteiger partial charge in [0.15, 0.2) is 0 Å². The molecule has 99 heavy (non-hydrogen) atoms. The summed E-state index contributed by atoms with van der Waals surface area (Å²) in [6.45, 7) is 13.0. The van der Waals surface area contributed by atoms with Crippen LogP contribution in [0.25, 0.3) is 22.3 Å². The molecule has 0 bridgehead atoms. The molecule has 8 aliphatic heterocycles. The molecular weight excluding hydrogens is 1240 g/mol. The van der Waals surface area contributed by atoms with Gasteiger partial charge in [0.25, 0.3) is 5.91 Å². The van der Waals surface area contributed by atoms with E-state index in [2.05, 4.69) is 106 Å². The molecule has 0 aromatic heterocycles. The summed E-state index contributed by atoms with van der Waals surface area (Å²) in [6.07, 6.45) is 16.5. The highest BCUT2D eigenvalue weighted by Gasteiger charge is 2.42. The first-order chi connectivity index (χ1) is 48.3. The molecule has 0 atom stereocenters. The quantitative estimate of drug-likeness (QED) is 0.0749. The minimum Gasteiger partial charge on any atom is -0.508 e. The van der Waals surface area contributed by atoms with Gasteiger partial charge in [-0.2, -0.15) is 0 Å². The van der Waals surface area contributed by atoms with Crippen LogP contribution in [0.2, 0.25) is 0 Å². The minimum atomic E-state index is -0.924. The van der Waals surface area contributed by atoms with Gasteiger partial charge in [0.1, 0.15) is 51.2 Å². The minimum absolute atomic E-state index is 0.0716. The number of carboxylic acid groups (broad SMARTS) is 1. The first-order valence-electron chi connectivity index (χ1n) is 34.9. The van der Waals surface area contributed by atoms with Gasteiger partial charge in [0.2, 0.25) is 0 Å². The van der Waals surface area contributed by atoms with Crippen LogP contribution in [0.15, 0.2) is 218 Å². The van der Waals surface area contributed by atoms with Crippen LogP contribution in [0.5, 0.6) is 28.7 Å². The number of amides is 1. The van der Waals surface area contributed by atoms with Gasteiger partial charge in [-0.25, -0.2) is 9.59 Å². The molecule has 8 aliphatic rings. The van der Waals surface area contributed by atoms with E-state index in [1.165, 1.54) is 7.11 Å². The number of carboxylic acids is 1. The van der Waals surface area contributed by atoms with E-state index in [1.54, 1.807) is 36.4 Å². The largest absolute Gasteiger partial charge is 0.508 e. The molecule has 8 aromatic rings. The van der Waals surface area contributed by atoms with Crippen molar-refractivity contribution in [1.29, 1.82) is 0 Å². The van der Waals surface area contributed by atoms with Crippen molar-refractivity contribution in [2.45, 2.75) is 87.6 Å². The number of piperidine rings is 4. The molecule has 15 nitrogen and oxygen atoms in total. The lowest BCUT2D eigenvalue weighted by Gasteiger charge is -2.40. The van der Waals surface area contributed by atoms with E-state index < -0.39 is 5.97 Å². The average Bonchev–Trinajstić information content (AvgIpc) is 0.780. The Kier molecular flexibility index (Phi) is 20.5. The SMILES string of the molecule is CCN(CC)C(=O)c1ccc2c(c1)C(c1ccccc1)=CC1(CCNCC1)O2.COC(=O)c1ccc2c(c1)C(c1ccccc1)=CC1(CCNCC1)O2.O=C(O)c1ccc2c(c1)C(c1ccccc1)=CC1(CCNCC1)O2.Oc1ccc2c(c1)C(c1ccccc1)=CC1(CCNCC1)O2. The predicted molar refractivity (Wildman–Crippen MR) is 389 cm³/mol. The van der Waals surface area contributed by atoms with Gasteiger partial charge in [0, 0.05) is 92.3 Å². The number of hydrogen-bond acceptors (Lipinski definition) is 13. The van der Waals surface area contributed by atoms with Crippen LogP contribution >= 0.6 is 0 Å². The number of rotatable bonds is 9. The number of methoxy groups -OCH3 is 1. The Morgan fingerprint density at radius 1 is 0.394 bits per heavy atom. The number of carbonyl (C=O) groups excluding carboxylic acids is 2. The highest BCUT2D eigenvalue weighted by Crippen LogP contribution is 2.48. The van der Waals surface area contributed by atoms with Crippen LogP contribution < -0.4 is 40.2 Å². The van der Waals surface area contributed by atoms with Crippen molar-refractivity contribution >= 4 is 40.1 Å². The summed E-state index contributed by atoms with van der Waals surface area (Å²) in [7, 11) is 1.40. The maximum absolute atomic E-state index is 12.9. The summed E-state index contributed by atoms with van der Waals surface area (Å²) in [5.41, 5.74) is 13.2. The Morgan fingerprint density at radius 2 is 0.677 bits per heavy atom. The number of benzene rings is 8. The zero-order valence-electron chi connectivity index (χ0n) is 56.6. The Hall–Kier alpha value is -10.0. The van der Waals surface area contributed by atoms with E-state index in [0.29, 0.717) is 24.2 Å². The Morgan fingerprint density at radius 3 is 0.990 bits per heavy atom. The molecule has 508 valence electrons. The number of phenolic OH excluding ortho intramolecular Hbond substituents is 1. The number of nitrogens with one attached hydrogen (secondary N) is 4. The first kappa shape index (κ1) is 67.5. The molecule has 16 rings (SSSR count). The second-order valence-electron chi connectivity index (χ2n) is 26.5. The number of hydrogen-bond donors (Lipinski definition) is 6. The lowest BCUT2D eigenvalue weighted by Crippen LogP contribution is -2.46. The molecule has 8 heterocycles. The van der Waals surface area contributed by atoms with Crippen LogP contribution in [-0.2, 0) is 4.74 Å². The molecule has 6 N–H and O–H groups in total. The third-order valence-corrected chi connectivity index (χ3v) is 20.0. The first-order valence-corrected chi connectivity index (χ1v) is 34.9. The van der Waals surface area contributed by atoms with Crippen molar-refractivity contribution in [1.82, 2.24) is 26.2 Å². The number of aromatic carboxylic acids is 1. The number of esters is 1. The Balaban J connectivity index is 0.000000119. The van der Waals surface area contributed by atoms with E-state index >= 15 is 0 Å². The molecule has 15 heteroatoms. The molecule has 0 aliphatic carbocycles. The van der Waals surface area contributed by atoms with Crippen LogP contribution in [0.4, 0.5) is 0 Å². The Bertz CT molecular complexity index is 4330. The molecular formula is C84H87N5O10. The number of aromatic hydroxyl groups is 1. The summed E-state index contributed by atoms with van der Waals surface area (Å²) in [5.74, 6) is 2.41. The molecule has 0 saturated carbocycles. The lowest BCUT2D eigenvalue weighted by molar-refractivity contribution is 0.0598. The molecule has 8 aromatic carbocycles. The molecule has 0 radical (unpaired) electrons. The number of ether oxygens (including phenoxy) is 5. The van der Waals surface area contributed by atoms with Gasteiger partial charge in [0.05, 0.1) is 18.2 Å². The number of fused-ring (bicyclic) bond motifs is 4. The lowest BCUT2D eigenvalue weighted by atomic mass is 9.83. The molecule has 0 unspecified atom stereocenters. The molecule has 4 saturated heterocycles. The normalized spacial score (nSPS) is 18.2. The maximum Gasteiger partial charge on any atom is 0.337 e. The van der Waals surface area contributed by atoms with E-state index in [9.17, 15) is 24.6 Å². The average molecular weight is 1330 g/mol. The van der Waals surface area contributed by atoms with E-state index in [0.717, 1.165) is 194 Å². The fourth-order valence-electron chi connectivity index (χ4n) is 14.7. The van der Waals surface area contributed by atoms with Crippen molar-refractivity contribution < 1.29 is 48.3 Å². The summed E-state index contributed by atoms with van der Waals surface area (Å²) < 4.78 is 30.5. The van der Waals surface area contributed by atoms with Crippen molar-refractivity contribution in [3.63, 3.8) is 0 Å². The van der Waals surface area contributed by atoms with Crippen molar-refractivity contribution in [2.75, 3.05) is 72.6 Å². The van der Waals surface area contributed by atoms with Crippen molar-refractivity contribution in [2.24, 2.45) is 0 Å². The zero-order chi connectivity index (χ0) is 68.4. The summed E-state index contributed by atoms with van der Waals surface area (Å²) >= 11 is 0. The third-order valence-electron chi connectivity index (χ3n) is 20.0. The van der Waals surface area contributed by atoms with Crippen LogP contribution in [0, 0.1) is 0 Å². The molecule has 4 fully saturated rings. The smallest absolute Gasteiger partial charge is 0.337 e. The number of phenols is 1. The summed E-state index contributed by atoms with van der Waals surface area (Å²) in [5, 5.41) is 32.8. The topological polar surface area (TPSA) is 189 Å². The predicted octanol–water partition coefficient (Wildman–Crippen LogP) is 14.2. The van der Waals surface area contributed by atoms with Crippen LogP contribution in [0.3, 0.4) is 0 Å². The van der Waals surface area contributed by atoms with Gasteiger partial charge in [-0.15, -0.1) is 0 Å². The standard InChI is InChI=1S/C24H28N2O2.C21H21NO3.C20H19NO3.C19H19NO2/c1-3-26(4-2)23(27)19-10-11-22-20(16-19)21(18-8-6-5-7-9-18)17-24(28-22)12-14-25-15-13-24;1-24-20(23)16-7-8-19-17(13-16)18(15-5-3-2-4-6-15)14-21(25-19)9-11-22-12-10-21;22-19(23)15-6-7-18-16(12-15)17(14-4-2-1-3-5-14)13-20(24-18)8-10-21-11-9-20;21-15-6-7-18-16(12-15)17(14-4-2-1-3-5-14)13-19(22-18)8-10-20-11-9-19/h5-11,16-17,25H,3-4,12-15H2,1-2H3;2-8,13-14,22H,9-12H2,1H3;1-7,12-13,21H,8-11H2,(H,22,23);1-7,12-13,20-21H,8-11H2. The van der Waals surface area contributed by atoms with Crippen LogP contribution in [-0.4, -0.2) is 128 Å². The summed E-state index contributed by atoms with van der Waals surface area (Å²) in [6, 6.07) is 63.0. The van der Waals surface area contributed by atoms with Gasteiger partial charge < -0.3 is 60.1 Å². The van der Waals surface area contributed by atoms with E-state index in [1.807, 2.05) is 116 Å². The van der Waals surface area contributed by atoms with Crippen molar-refractivity contribution in [3.8, 4) is 28.7 Å². The number of carbonyl (C=O) groups is 3. The van der Waals surface area contributed by atoms with Crippen molar-refractivity contribution in [3.05, 3.63) is 280 Å². The Labute approximate surface area is 580 Å².